The minimum atomic E-state index is -0.702. The highest BCUT2D eigenvalue weighted by Gasteiger charge is 2.48. The molecular weight excluding hydrogens is 342 g/mol. The molecule has 1 aliphatic rings. The molecule has 0 spiro atoms. The van der Waals surface area contributed by atoms with Gasteiger partial charge < -0.3 is 4.90 Å². The molecule has 0 fully saturated rings. The highest BCUT2D eigenvalue weighted by molar-refractivity contribution is 6.12. The summed E-state index contributed by atoms with van der Waals surface area (Å²) in [5.41, 5.74) is 3.58. The molecular formula is C26H21NO. The Balaban J connectivity index is 1.70. The first-order valence-electron chi connectivity index (χ1n) is 9.63. The number of benzene rings is 4. The lowest BCUT2D eigenvalue weighted by Gasteiger charge is -2.26. The fourth-order valence-corrected chi connectivity index (χ4v) is 4.47. The Kier molecular flexibility index (Phi) is 3.80. The van der Waals surface area contributed by atoms with E-state index in [1.807, 2.05) is 47.4 Å². The van der Waals surface area contributed by atoms with E-state index in [9.17, 15) is 4.79 Å². The molecule has 1 aliphatic heterocycles. The van der Waals surface area contributed by atoms with E-state index < -0.39 is 5.41 Å². The lowest BCUT2D eigenvalue weighted by molar-refractivity contribution is -0.121. The van der Waals surface area contributed by atoms with Crippen LogP contribution in [0.3, 0.4) is 0 Å². The van der Waals surface area contributed by atoms with Crippen molar-refractivity contribution in [1.82, 2.24) is 0 Å². The number of nitrogens with zero attached hydrogens (tertiary/aromatic N) is 1. The molecule has 1 unspecified atom stereocenters. The minimum absolute atomic E-state index is 0.133. The zero-order valence-corrected chi connectivity index (χ0v) is 15.8. The molecule has 0 bridgehead atoms. The summed E-state index contributed by atoms with van der Waals surface area (Å²) in [5.74, 6) is 0.133. The molecule has 136 valence electrons. The topological polar surface area (TPSA) is 20.3 Å². The van der Waals surface area contributed by atoms with E-state index in [1.165, 1.54) is 0 Å². The summed E-state index contributed by atoms with van der Waals surface area (Å²) in [5, 5.41) is 2.30. The smallest absolute Gasteiger partial charge is 0.242 e. The monoisotopic (exact) mass is 363 g/mol. The second kappa shape index (κ2) is 6.35. The molecule has 1 heterocycles. The highest BCUT2D eigenvalue weighted by atomic mass is 16.2. The Hall–Kier alpha value is -3.39. The van der Waals surface area contributed by atoms with Crippen LogP contribution in [-0.4, -0.2) is 5.91 Å². The molecule has 0 aromatic heterocycles. The molecule has 0 saturated carbocycles. The van der Waals surface area contributed by atoms with Crippen molar-refractivity contribution in [2.45, 2.75) is 18.9 Å². The molecule has 0 saturated heterocycles. The van der Waals surface area contributed by atoms with Crippen molar-refractivity contribution in [2.24, 2.45) is 0 Å². The van der Waals surface area contributed by atoms with Crippen molar-refractivity contribution in [3.8, 4) is 0 Å². The van der Waals surface area contributed by atoms with Gasteiger partial charge in [0.25, 0.3) is 0 Å². The number of anilines is 1. The molecule has 1 amide bonds. The summed E-state index contributed by atoms with van der Waals surface area (Å²) in [7, 11) is 0. The predicted octanol–water partition coefficient (Wildman–Crippen LogP) is 5.69. The van der Waals surface area contributed by atoms with Crippen molar-refractivity contribution >= 4 is 22.4 Å². The Bertz CT molecular complexity index is 1180. The molecule has 4 aromatic carbocycles. The molecule has 1 atom stereocenters. The quantitative estimate of drug-likeness (QED) is 0.458. The van der Waals surface area contributed by atoms with Crippen LogP contribution < -0.4 is 4.90 Å². The highest BCUT2D eigenvalue weighted by Crippen LogP contribution is 2.48. The van der Waals surface area contributed by atoms with Crippen molar-refractivity contribution in [2.75, 3.05) is 4.90 Å². The second-order valence-corrected chi connectivity index (χ2v) is 7.55. The molecule has 0 aliphatic carbocycles. The Morgan fingerprint density at radius 3 is 2.21 bits per heavy atom. The lowest BCUT2D eigenvalue weighted by Crippen LogP contribution is -2.38. The van der Waals surface area contributed by atoms with Gasteiger partial charge in [0.1, 0.15) is 0 Å². The van der Waals surface area contributed by atoms with Crippen LogP contribution >= 0.6 is 0 Å². The van der Waals surface area contributed by atoms with Gasteiger partial charge in [-0.15, -0.1) is 0 Å². The number of rotatable bonds is 3. The minimum Gasteiger partial charge on any atom is -0.307 e. The van der Waals surface area contributed by atoms with Crippen LogP contribution in [0.5, 0.6) is 0 Å². The molecule has 2 heteroatoms. The lowest BCUT2D eigenvalue weighted by atomic mass is 9.75. The van der Waals surface area contributed by atoms with E-state index in [0.717, 1.165) is 33.2 Å². The molecule has 28 heavy (non-hydrogen) atoms. The molecule has 4 aromatic rings. The molecule has 0 radical (unpaired) electrons. The van der Waals surface area contributed by atoms with E-state index in [1.54, 1.807) is 0 Å². The third-order valence-electron chi connectivity index (χ3n) is 5.92. The standard InChI is InChI=1S/C26H21NO/c1-26(22-16-9-13-20-12-5-6-14-21(20)22)23-15-7-8-17-24(23)27(25(26)28)18-19-10-3-2-4-11-19/h2-17H,18H2,1H3. The number of hydrogen-bond acceptors (Lipinski definition) is 1. The maximum absolute atomic E-state index is 13.9. The summed E-state index contributed by atoms with van der Waals surface area (Å²) >= 11 is 0. The first kappa shape index (κ1) is 16.8. The molecule has 5 rings (SSSR count). The molecule has 0 N–H and O–H groups in total. The summed E-state index contributed by atoms with van der Waals surface area (Å²) in [4.78, 5) is 15.8. The Morgan fingerprint density at radius 2 is 1.36 bits per heavy atom. The van der Waals surface area contributed by atoms with E-state index in [4.69, 9.17) is 0 Å². The maximum Gasteiger partial charge on any atom is 0.242 e. The summed E-state index contributed by atoms with van der Waals surface area (Å²) in [6.45, 7) is 2.65. The number of carbonyl (C=O) groups is 1. The van der Waals surface area contributed by atoms with Gasteiger partial charge in [-0.3, -0.25) is 4.79 Å². The van der Waals surface area contributed by atoms with Crippen molar-refractivity contribution in [3.63, 3.8) is 0 Å². The number of hydrogen-bond donors (Lipinski definition) is 0. The predicted molar refractivity (Wildman–Crippen MR) is 114 cm³/mol. The number of carbonyl (C=O) groups excluding carboxylic acids is 1. The fraction of sp³-hybridized carbons (Fsp3) is 0.115. The maximum atomic E-state index is 13.9. The zero-order valence-electron chi connectivity index (χ0n) is 15.8. The van der Waals surface area contributed by atoms with Crippen LogP contribution in [0.1, 0.15) is 23.6 Å². The third kappa shape index (κ3) is 2.38. The third-order valence-corrected chi connectivity index (χ3v) is 5.92. The fourth-order valence-electron chi connectivity index (χ4n) is 4.47. The normalized spacial score (nSPS) is 18.5. The van der Waals surface area contributed by atoms with Crippen LogP contribution in [-0.2, 0) is 16.8 Å². The van der Waals surface area contributed by atoms with Gasteiger partial charge in [0.15, 0.2) is 0 Å². The van der Waals surface area contributed by atoms with Crippen LogP contribution in [0, 0.1) is 0 Å². The second-order valence-electron chi connectivity index (χ2n) is 7.55. The average molecular weight is 363 g/mol. The number of para-hydroxylation sites is 1. The van der Waals surface area contributed by atoms with Crippen molar-refractivity contribution in [3.05, 3.63) is 114 Å². The number of amides is 1. The largest absolute Gasteiger partial charge is 0.307 e. The first-order valence-corrected chi connectivity index (χ1v) is 9.63. The number of fused-ring (bicyclic) bond motifs is 2. The zero-order chi connectivity index (χ0) is 19.1. The van der Waals surface area contributed by atoms with Crippen molar-refractivity contribution in [1.29, 1.82) is 0 Å². The van der Waals surface area contributed by atoms with Crippen LogP contribution in [0.25, 0.3) is 10.8 Å². The van der Waals surface area contributed by atoms with Crippen LogP contribution in [0.15, 0.2) is 97.1 Å². The average Bonchev–Trinajstić information content (AvgIpc) is 2.97. The van der Waals surface area contributed by atoms with Gasteiger partial charge in [-0.1, -0.05) is 91.0 Å². The van der Waals surface area contributed by atoms with E-state index in [2.05, 4.69) is 61.5 Å². The molecule has 2 nitrogen and oxygen atoms in total. The van der Waals surface area contributed by atoms with Gasteiger partial charge in [0.2, 0.25) is 5.91 Å². The van der Waals surface area contributed by atoms with E-state index in [0.29, 0.717) is 6.54 Å². The van der Waals surface area contributed by atoms with E-state index >= 15 is 0 Å². The summed E-state index contributed by atoms with van der Waals surface area (Å²) < 4.78 is 0. The van der Waals surface area contributed by atoms with Crippen molar-refractivity contribution < 1.29 is 4.79 Å². The van der Waals surface area contributed by atoms with Crippen LogP contribution in [0.2, 0.25) is 0 Å². The van der Waals surface area contributed by atoms with Crippen LogP contribution in [0.4, 0.5) is 5.69 Å². The van der Waals surface area contributed by atoms with Gasteiger partial charge in [-0.2, -0.15) is 0 Å². The van der Waals surface area contributed by atoms with Gasteiger partial charge in [0, 0.05) is 5.69 Å². The van der Waals surface area contributed by atoms with Gasteiger partial charge >= 0.3 is 0 Å². The summed E-state index contributed by atoms with van der Waals surface area (Å²) in [6, 6.07) is 33.0. The summed E-state index contributed by atoms with van der Waals surface area (Å²) in [6.07, 6.45) is 0. The van der Waals surface area contributed by atoms with Gasteiger partial charge in [-0.05, 0) is 40.5 Å². The van der Waals surface area contributed by atoms with Gasteiger partial charge in [0.05, 0.1) is 12.0 Å². The van der Waals surface area contributed by atoms with Gasteiger partial charge in [-0.25, -0.2) is 0 Å². The Labute approximate surface area is 165 Å². The first-order chi connectivity index (χ1) is 13.7. The Morgan fingerprint density at radius 1 is 0.714 bits per heavy atom. The van der Waals surface area contributed by atoms with E-state index in [-0.39, 0.29) is 5.91 Å². The SMILES string of the molecule is CC1(c2cccc3ccccc23)C(=O)N(Cc2ccccc2)c2ccccc21.